The molecule has 1 fully saturated rings. The highest BCUT2D eigenvalue weighted by atomic mass is 32.2. The maximum atomic E-state index is 12.7. The van der Waals surface area contributed by atoms with Crippen LogP contribution in [0.25, 0.3) is 0 Å². The summed E-state index contributed by atoms with van der Waals surface area (Å²) in [6, 6.07) is 4.55. The highest BCUT2D eigenvalue weighted by Crippen LogP contribution is 2.27. The van der Waals surface area contributed by atoms with E-state index in [1.807, 2.05) is 4.90 Å². The molecule has 0 amide bonds. The van der Waals surface area contributed by atoms with E-state index in [0.29, 0.717) is 44.8 Å². The summed E-state index contributed by atoms with van der Waals surface area (Å²) in [7, 11) is -0.761. The number of rotatable bonds is 9. The van der Waals surface area contributed by atoms with Gasteiger partial charge < -0.3 is 19.5 Å². The summed E-state index contributed by atoms with van der Waals surface area (Å²) in [5, 5.41) is 8.80. The van der Waals surface area contributed by atoms with Crippen molar-refractivity contribution < 1.29 is 27.8 Å². The van der Waals surface area contributed by atoms with Crippen molar-refractivity contribution in [3.8, 4) is 0 Å². The normalized spacial score (nSPS) is 15.2. The lowest BCUT2D eigenvalue weighted by Crippen LogP contribution is -2.37. The molecule has 0 atom stereocenters. The molecule has 27 heavy (non-hydrogen) atoms. The van der Waals surface area contributed by atoms with Crippen molar-refractivity contribution in [3.63, 3.8) is 0 Å². The number of hydrogen-bond acceptors (Lipinski definition) is 7. The zero-order valence-corrected chi connectivity index (χ0v) is 16.7. The number of sulfonamides is 1. The number of unbranched alkanes of at least 4 members (excludes halogenated alkanes) is 2. The summed E-state index contributed by atoms with van der Waals surface area (Å²) in [4.78, 5) is 14.7. The van der Waals surface area contributed by atoms with E-state index >= 15 is 0 Å². The minimum Gasteiger partial charge on any atom is -0.462 e. The largest absolute Gasteiger partial charge is 0.462 e. The SMILES string of the molecule is CN(C)S(=O)(=O)c1ccc(N2CCOCC2)c(C(=O)OCCCCCO)c1. The maximum Gasteiger partial charge on any atom is 0.340 e. The molecule has 1 saturated heterocycles. The predicted octanol–water partition coefficient (Wildman–Crippen LogP) is 1.09. The molecule has 0 aromatic heterocycles. The molecule has 9 heteroatoms. The number of ether oxygens (including phenoxy) is 2. The number of hydrogen-bond donors (Lipinski definition) is 1. The summed E-state index contributed by atoms with van der Waals surface area (Å²) >= 11 is 0. The summed E-state index contributed by atoms with van der Waals surface area (Å²) in [5.41, 5.74) is 0.887. The lowest BCUT2D eigenvalue weighted by Gasteiger charge is -2.30. The van der Waals surface area contributed by atoms with Crippen LogP contribution in [0.1, 0.15) is 29.6 Å². The molecule has 0 saturated carbocycles. The van der Waals surface area contributed by atoms with Crippen LogP contribution in [-0.2, 0) is 19.5 Å². The van der Waals surface area contributed by atoms with Crippen LogP contribution >= 0.6 is 0 Å². The molecule has 0 radical (unpaired) electrons. The number of benzene rings is 1. The Balaban J connectivity index is 2.27. The van der Waals surface area contributed by atoms with Gasteiger partial charge in [-0.1, -0.05) is 0 Å². The number of nitrogens with zero attached hydrogens (tertiary/aromatic N) is 2. The van der Waals surface area contributed by atoms with Crippen molar-refractivity contribution in [1.82, 2.24) is 4.31 Å². The Morgan fingerprint density at radius 3 is 2.56 bits per heavy atom. The average molecular weight is 400 g/mol. The van der Waals surface area contributed by atoms with Gasteiger partial charge in [0, 0.05) is 33.8 Å². The van der Waals surface area contributed by atoms with Gasteiger partial charge in [0.1, 0.15) is 0 Å². The van der Waals surface area contributed by atoms with Crippen molar-refractivity contribution in [3.05, 3.63) is 23.8 Å². The quantitative estimate of drug-likeness (QED) is 0.490. The zero-order valence-electron chi connectivity index (χ0n) is 15.9. The molecular weight excluding hydrogens is 372 g/mol. The number of aliphatic hydroxyl groups excluding tert-OH is 1. The number of morpholine rings is 1. The van der Waals surface area contributed by atoms with Crippen LogP contribution in [-0.4, -0.2) is 77.4 Å². The number of esters is 1. The number of anilines is 1. The van der Waals surface area contributed by atoms with Crippen LogP contribution in [0.5, 0.6) is 0 Å². The highest BCUT2D eigenvalue weighted by molar-refractivity contribution is 7.89. The molecule has 1 aliphatic heterocycles. The van der Waals surface area contributed by atoms with Crippen molar-refractivity contribution in [2.24, 2.45) is 0 Å². The van der Waals surface area contributed by atoms with Gasteiger partial charge in [-0.2, -0.15) is 0 Å². The molecule has 1 aromatic carbocycles. The zero-order chi connectivity index (χ0) is 19.9. The third-order valence-electron chi connectivity index (χ3n) is 4.35. The molecular formula is C18H28N2O6S. The first-order valence-electron chi connectivity index (χ1n) is 9.05. The second-order valence-corrected chi connectivity index (χ2v) is 8.64. The Hall–Kier alpha value is -1.68. The third kappa shape index (κ3) is 5.65. The van der Waals surface area contributed by atoms with E-state index in [0.717, 1.165) is 10.7 Å². The van der Waals surface area contributed by atoms with Gasteiger partial charge >= 0.3 is 5.97 Å². The molecule has 152 valence electrons. The molecule has 0 spiro atoms. The van der Waals surface area contributed by atoms with Gasteiger partial charge in [-0.15, -0.1) is 0 Å². The van der Waals surface area contributed by atoms with Crippen molar-refractivity contribution in [2.75, 3.05) is 58.5 Å². The first-order valence-corrected chi connectivity index (χ1v) is 10.5. The Labute approximate surface area is 160 Å². The van der Waals surface area contributed by atoms with Gasteiger partial charge in [-0.3, -0.25) is 0 Å². The fourth-order valence-electron chi connectivity index (χ4n) is 2.76. The van der Waals surface area contributed by atoms with Crippen molar-refractivity contribution >= 4 is 21.7 Å². The smallest absolute Gasteiger partial charge is 0.340 e. The summed E-state index contributed by atoms with van der Waals surface area (Å²) in [6.45, 7) is 2.68. The topological polar surface area (TPSA) is 96.4 Å². The van der Waals surface area contributed by atoms with Gasteiger partial charge in [0.2, 0.25) is 10.0 Å². The van der Waals surface area contributed by atoms with E-state index in [9.17, 15) is 13.2 Å². The van der Waals surface area contributed by atoms with Crippen LogP contribution in [0.15, 0.2) is 23.1 Å². The molecule has 1 aliphatic rings. The van der Waals surface area contributed by atoms with Gasteiger partial charge in [-0.25, -0.2) is 17.5 Å². The molecule has 2 rings (SSSR count). The van der Waals surface area contributed by atoms with Gasteiger partial charge in [0.15, 0.2) is 0 Å². The Kier molecular flexibility index (Phi) is 8.03. The minimum absolute atomic E-state index is 0.0525. The monoisotopic (exact) mass is 400 g/mol. The Morgan fingerprint density at radius 1 is 1.22 bits per heavy atom. The lowest BCUT2D eigenvalue weighted by molar-refractivity contribution is 0.0496. The van der Waals surface area contributed by atoms with Crippen LogP contribution in [0, 0.1) is 0 Å². The molecule has 1 heterocycles. The molecule has 1 aromatic rings. The molecule has 0 unspecified atom stereocenters. The molecule has 0 aliphatic carbocycles. The second kappa shape index (κ2) is 10.0. The van der Waals surface area contributed by atoms with E-state index in [1.54, 1.807) is 6.07 Å². The second-order valence-electron chi connectivity index (χ2n) is 6.49. The Bertz CT molecular complexity index is 729. The van der Waals surface area contributed by atoms with Crippen LogP contribution in [0.4, 0.5) is 5.69 Å². The average Bonchev–Trinajstić information content (AvgIpc) is 2.67. The van der Waals surface area contributed by atoms with E-state index in [4.69, 9.17) is 14.6 Å². The van der Waals surface area contributed by atoms with E-state index in [-0.39, 0.29) is 23.7 Å². The van der Waals surface area contributed by atoms with E-state index < -0.39 is 16.0 Å². The summed E-state index contributed by atoms with van der Waals surface area (Å²) < 4.78 is 36.7. The standard InChI is InChI=1S/C18H28N2O6S/c1-19(2)27(23,24)15-6-7-17(20-8-12-25-13-9-20)16(14-15)18(22)26-11-5-3-4-10-21/h6-7,14,21H,3-5,8-13H2,1-2H3. The Morgan fingerprint density at radius 2 is 1.93 bits per heavy atom. The fourth-order valence-corrected chi connectivity index (χ4v) is 3.69. The maximum absolute atomic E-state index is 12.7. The van der Waals surface area contributed by atoms with Crippen LogP contribution in [0.2, 0.25) is 0 Å². The lowest BCUT2D eigenvalue weighted by atomic mass is 10.1. The number of carbonyl (C=O) groups is 1. The predicted molar refractivity (Wildman–Crippen MR) is 102 cm³/mol. The first-order chi connectivity index (χ1) is 12.9. The molecule has 1 N–H and O–H groups in total. The highest BCUT2D eigenvalue weighted by Gasteiger charge is 2.25. The van der Waals surface area contributed by atoms with Crippen molar-refractivity contribution in [2.45, 2.75) is 24.2 Å². The van der Waals surface area contributed by atoms with Crippen LogP contribution in [0.3, 0.4) is 0 Å². The summed E-state index contributed by atoms with van der Waals surface area (Å²) in [5.74, 6) is -0.545. The van der Waals surface area contributed by atoms with E-state index in [1.165, 1.54) is 26.2 Å². The van der Waals surface area contributed by atoms with Gasteiger partial charge in [-0.05, 0) is 37.5 Å². The number of carbonyl (C=O) groups excluding carboxylic acids is 1. The van der Waals surface area contributed by atoms with Gasteiger partial charge in [0.05, 0.1) is 36.0 Å². The number of aliphatic hydroxyl groups is 1. The van der Waals surface area contributed by atoms with Gasteiger partial charge in [0.25, 0.3) is 0 Å². The van der Waals surface area contributed by atoms with Crippen molar-refractivity contribution in [1.29, 1.82) is 0 Å². The summed E-state index contributed by atoms with van der Waals surface area (Å²) in [6.07, 6.45) is 2.07. The van der Waals surface area contributed by atoms with E-state index in [2.05, 4.69) is 0 Å². The molecule has 8 nitrogen and oxygen atoms in total. The minimum atomic E-state index is -3.66. The first kappa shape index (κ1) is 21.6. The van der Waals surface area contributed by atoms with Crippen LogP contribution < -0.4 is 4.90 Å². The fraction of sp³-hybridized carbons (Fsp3) is 0.611. The third-order valence-corrected chi connectivity index (χ3v) is 6.16. The molecule has 0 bridgehead atoms.